The lowest BCUT2D eigenvalue weighted by Crippen LogP contribution is -2.33. The van der Waals surface area contributed by atoms with Crippen LogP contribution in [0.3, 0.4) is 0 Å². The molecule has 2 aliphatic rings. The zero-order valence-electron chi connectivity index (χ0n) is 16.3. The summed E-state index contributed by atoms with van der Waals surface area (Å²) in [6.45, 7) is 0.920. The van der Waals surface area contributed by atoms with Gasteiger partial charge in [0.1, 0.15) is 0 Å². The van der Waals surface area contributed by atoms with E-state index in [1.807, 2.05) is 0 Å². The fourth-order valence-electron chi connectivity index (χ4n) is 3.52. The van der Waals surface area contributed by atoms with Gasteiger partial charge in [-0.2, -0.15) is 8.78 Å². The van der Waals surface area contributed by atoms with Gasteiger partial charge in [-0.3, -0.25) is 0 Å². The van der Waals surface area contributed by atoms with Crippen molar-refractivity contribution in [2.45, 2.75) is 51.8 Å². The number of halogens is 4. The second-order valence-corrected chi connectivity index (χ2v) is 7.39. The van der Waals surface area contributed by atoms with Crippen molar-refractivity contribution in [3.8, 4) is 5.75 Å². The first-order chi connectivity index (χ1) is 14.0. The lowest BCUT2D eigenvalue weighted by molar-refractivity contribution is -0.220. The van der Waals surface area contributed by atoms with Gasteiger partial charge in [-0.25, -0.2) is 8.78 Å². The maximum atomic E-state index is 13.9. The smallest absolute Gasteiger partial charge is 0.387 e. The predicted octanol–water partition coefficient (Wildman–Crippen LogP) is 4.80. The molecule has 2 aliphatic heterocycles. The number of rotatable bonds is 8. The molecule has 1 aromatic rings. The van der Waals surface area contributed by atoms with Gasteiger partial charge < -0.3 is 23.7 Å². The number of benzene rings is 1. The van der Waals surface area contributed by atoms with Gasteiger partial charge >= 0.3 is 6.61 Å². The summed E-state index contributed by atoms with van der Waals surface area (Å²) in [4.78, 5) is 0. The number of alkyl halides is 2. The fraction of sp³-hybridized carbons (Fsp3) is 0.700. The van der Waals surface area contributed by atoms with E-state index in [0.29, 0.717) is 38.8 Å². The van der Waals surface area contributed by atoms with Crippen LogP contribution in [0.25, 0.3) is 0 Å². The van der Waals surface area contributed by atoms with Crippen LogP contribution in [-0.4, -0.2) is 39.3 Å². The van der Waals surface area contributed by atoms with Crippen LogP contribution in [0.4, 0.5) is 17.6 Å². The van der Waals surface area contributed by atoms with Gasteiger partial charge in [0.2, 0.25) is 0 Å². The fourth-order valence-corrected chi connectivity index (χ4v) is 3.52. The van der Waals surface area contributed by atoms with Crippen molar-refractivity contribution in [1.29, 1.82) is 0 Å². The van der Waals surface area contributed by atoms with Crippen LogP contribution < -0.4 is 4.74 Å². The molecule has 2 saturated heterocycles. The van der Waals surface area contributed by atoms with Crippen LogP contribution in [0, 0.1) is 23.5 Å². The van der Waals surface area contributed by atoms with Crippen LogP contribution in [-0.2, 0) is 18.9 Å². The Morgan fingerprint density at radius 1 is 0.897 bits per heavy atom. The molecule has 0 spiro atoms. The lowest BCUT2D eigenvalue weighted by Gasteiger charge is -2.32. The second-order valence-electron chi connectivity index (χ2n) is 7.39. The van der Waals surface area contributed by atoms with E-state index in [9.17, 15) is 17.6 Å². The van der Waals surface area contributed by atoms with Crippen molar-refractivity contribution in [3.63, 3.8) is 0 Å². The molecule has 1 aromatic carbocycles. The summed E-state index contributed by atoms with van der Waals surface area (Å²) >= 11 is 0. The molecule has 0 N–H and O–H groups in total. The maximum absolute atomic E-state index is 13.9. The molecule has 164 valence electrons. The second kappa shape index (κ2) is 10.6. The van der Waals surface area contributed by atoms with Crippen LogP contribution >= 0.6 is 0 Å². The highest BCUT2D eigenvalue weighted by Gasteiger charge is 2.28. The Bertz CT molecular complexity index is 621. The van der Waals surface area contributed by atoms with Crippen LogP contribution in [0.5, 0.6) is 5.75 Å². The molecule has 0 bridgehead atoms. The third-order valence-corrected chi connectivity index (χ3v) is 5.01. The summed E-state index contributed by atoms with van der Waals surface area (Å²) in [7, 11) is 0. The molecule has 9 heteroatoms. The average Bonchev–Trinajstić information content (AvgIpc) is 2.70. The van der Waals surface area contributed by atoms with E-state index in [0.717, 1.165) is 31.4 Å². The molecule has 0 saturated carbocycles. The Morgan fingerprint density at radius 2 is 1.45 bits per heavy atom. The summed E-state index contributed by atoms with van der Waals surface area (Å²) in [5.41, 5.74) is 0.0704. The van der Waals surface area contributed by atoms with E-state index in [2.05, 4.69) is 11.7 Å². The summed E-state index contributed by atoms with van der Waals surface area (Å²) in [6, 6.07) is 1.75. The Balaban J connectivity index is 1.44. The van der Waals surface area contributed by atoms with Gasteiger partial charge in [-0.1, -0.05) is 13.3 Å². The molecule has 29 heavy (non-hydrogen) atoms. The van der Waals surface area contributed by atoms with Crippen molar-refractivity contribution in [1.82, 2.24) is 0 Å². The molecule has 3 rings (SSSR count). The number of hydrogen-bond donors (Lipinski definition) is 0. The maximum Gasteiger partial charge on any atom is 0.387 e. The molecule has 0 radical (unpaired) electrons. The quantitative estimate of drug-likeness (QED) is 0.564. The minimum Gasteiger partial charge on any atom is -0.429 e. The Labute approximate surface area is 167 Å². The first-order valence-electron chi connectivity index (χ1n) is 9.86. The third kappa shape index (κ3) is 6.28. The number of ether oxygens (including phenoxy) is 5. The Kier molecular flexibility index (Phi) is 8.11. The summed E-state index contributed by atoms with van der Waals surface area (Å²) in [6.07, 6.45) is 2.48. The Hall–Kier alpha value is -1.42. The topological polar surface area (TPSA) is 46.2 Å². The molecule has 0 atom stereocenters. The van der Waals surface area contributed by atoms with Gasteiger partial charge in [-0.05, 0) is 31.4 Å². The highest BCUT2D eigenvalue weighted by molar-refractivity contribution is 5.32. The molecule has 0 amide bonds. The summed E-state index contributed by atoms with van der Waals surface area (Å²) in [5, 5.41) is 0. The van der Waals surface area contributed by atoms with Crippen LogP contribution in [0.2, 0.25) is 0 Å². The monoisotopic (exact) mass is 422 g/mol. The molecule has 2 fully saturated rings. The molecule has 0 unspecified atom stereocenters. The van der Waals surface area contributed by atoms with Gasteiger partial charge in [0.15, 0.2) is 30.0 Å². The van der Waals surface area contributed by atoms with Crippen molar-refractivity contribution >= 4 is 0 Å². The van der Waals surface area contributed by atoms with E-state index in [1.54, 1.807) is 0 Å². The first-order valence-corrected chi connectivity index (χ1v) is 9.86. The zero-order chi connectivity index (χ0) is 20.8. The molecular weight excluding hydrogens is 396 g/mol. The minimum absolute atomic E-state index is 0.0704. The Morgan fingerprint density at radius 3 is 2.00 bits per heavy atom. The zero-order valence-corrected chi connectivity index (χ0v) is 16.3. The standard InChI is InChI=1S/C20H26F4O5/c1-2-3-12-8-25-17(26-9-12)5-4-13-10-27-19(28-11-13)14-6-15(21)18(16(22)7-14)29-20(23)24/h6-7,12-13,17,19-20H,2-5,8-11H2,1H3. The third-order valence-electron chi connectivity index (χ3n) is 5.01. The first kappa shape index (κ1) is 22.3. The largest absolute Gasteiger partial charge is 0.429 e. The van der Waals surface area contributed by atoms with E-state index in [1.165, 1.54) is 0 Å². The van der Waals surface area contributed by atoms with Gasteiger partial charge in [0, 0.05) is 17.4 Å². The van der Waals surface area contributed by atoms with Crippen molar-refractivity contribution < 1.29 is 41.2 Å². The summed E-state index contributed by atoms with van der Waals surface area (Å²) < 4.78 is 78.6. The molecular formula is C20H26F4O5. The van der Waals surface area contributed by atoms with Gasteiger partial charge in [0.05, 0.1) is 26.4 Å². The normalized spacial score (nSPS) is 27.9. The van der Waals surface area contributed by atoms with Crippen LogP contribution in [0.1, 0.15) is 44.5 Å². The molecule has 0 aliphatic carbocycles. The minimum atomic E-state index is -3.32. The summed E-state index contributed by atoms with van der Waals surface area (Å²) in [5.74, 6) is -3.03. The van der Waals surface area contributed by atoms with E-state index >= 15 is 0 Å². The molecule has 0 aromatic heterocycles. The van der Waals surface area contributed by atoms with Crippen molar-refractivity contribution in [2.24, 2.45) is 11.8 Å². The van der Waals surface area contributed by atoms with Gasteiger partial charge in [-0.15, -0.1) is 0 Å². The predicted molar refractivity (Wildman–Crippen MR) is 94.4 cm³/mol. The lowest BCUT2D eigenvalue weighted by atomic mass is 10.0. The van der Waals surface area contributed by atoms with E-state index in [-0.39, 0.29) is 17.8 Å². The van der Waals surface area contributed by atoms with E-state index < -0.39 is 30.3 Å². The number of hydrogen-bond acceptors (Lipinski definition) is 5. The van der Waals surface area contributed by atoms with Crippen LogP contribution in [0.15, 0.2) is 12.1 Å². The average molecular weight is 422 g/mol. The van der Waals surface area contributed by atoms with Gasteiger partial charge in [0.25, 0.3) is 0 Å². The SMILES string of the molecule is CCCC1COC(CCC2COC(c3cc(F)c(OC(F)F)c(F)c3)OC2)OC1. The molecule has 2 heterocycles. The highest BCUT2D eigenvalue weighted by atomic mass is 19.3. The van der Waals surface area contributed by atoms with Crippen molar-refractivity contribution in [3.05, 3.63) is 29.3 Å². The van der Waals surface area contributed by atoms with Crippen molar-refractivity contribution in [2.75, 3.05) is 26.4 Å². The highest BCUT2D eigenvalue weighted by Crippen LogP contribution is 2.32. The van der Waals surface area contributed by atoms with E-state index in [4.69, 9.17) is 18.9 Å². The molecule has 5 nitrogen and oxygen atoms in total.